The first kappa shape index (κ1) is 14.5. The van der Waals surface area contributed by atoms with Crippen molar-refractivity contribution in [3.63, 3.8) is 0 Å². The number of rotatable bonds is 4. The van der Waals surface area contributed by atoms with Gasteiger partial charge in [-0.1, -0.05) is 28.1 Å². The summed E-state index contributed by atoms with van der Waals surface area (Å²) < 4.78 is 14.3. The Hall–Kier alpha value is -1.88. The Labute approximate surface area is 125 Å². The first-order chi connectivity index (χ1) is 9.61. The summed E-state index contributed by atoms with van der Waals surface area (Å²) in [6.07, 6.45) is 0. The van der Waals surface area contributed by atoms with Gasteiger partial charge in [-0.15, -0.1) is 0 Å². The van der Waals surface area contributed by atoms with Crippen LogP contribution in [0.15, 0.2) is 46.9 Å². The second-order valence-electron chi connectivity index (χ2n) is 4.15. The Morgan fingerprint density at radius 3 is 2.65 bits per heavy atom. The summed E-state index contributed by atoms with van der Waals surface area (Å²) in [5.74, 6) is -0.823. The lowest BCUT2D eigenvalue weighted by molar-refractivity contribution is 0.102. The van der Waals surface area contributed by atoms with Gasteiger partial charge in [-0.05, 0) is 37.3 Å². The van der Waals surface area contributed by atoms with Crippen molar-refractivity contribution < 1.29 is 9.18 Å². The Morgan fingerprint density at radius 2 is 1.95 bits per heavy atom. The fraction of sp³-hybridized carbons (Fsp3) is 0.133. The molecule has 1 amide bonds. The molecule has 0 atom stereocenters. The van der Waals surface area contributed by atoms with E-state index in [2.05, 4.69) is 26.6 Å². The zero-order chi connectivity index (χ0) is 14.5. The fourth-order valence-corrected chi connectivity index (χ4v) is 2.14. The molecule has 0 bridgehead atoms. The van der Waals surface area contributed by atoms with Crippen LogP contribution in [0.3, 0.4) is 0 Å². The molecule has 2 N–H and O–H groups in total. The van der Waals surface area contributed by atoms with Crippen molar-refractivity contribution >= 4 is 33.2 Å². The molecule has 0 heterocycles. The number of para-hydroxylation sites is 1. The number of halogens is 2. The number of benzene rings is 2. The minimum absolute atomic E-state index is 0.157. The molecule has 0 aromatic heterocycles. The van der Waals surface area contributed by atoms with Crippen LogP contribution in [0.1, 0.15) is 17.3 Å². The number of carbonyl (C=O) groups is 1. The molecule has 3 nitrogen and oxygen atoms in total. The maximum Gasteiger partial charge on any atom is 0.257 e. The van der Waals surface area contributed by atoms with Crippen molar-refractivity contribution in [3.05, 3.63) is 58.3 Å². The van der Waals surface area contributed by atoms with Crippen LogP contribution >= 0.6 is 15.9 Å². The van der Waals surface area contributed by atoms with Crippen molar-refractivity contribution in [2.75, 3.05) is 17.2 Å². The molecule has 2 rings (SSSR count). The standard InChI is InChI=1S/C15H14BrFN2O/c1-2-18-13-6-4-3-5-11(13)15(20)19-14-8-7-10(16)9-12(14)17/h3-9,18H,2H2,1H3,(H,19,20). The molecule has 104 valence electrons. The Balaban J connectivity index is 2.24. The summed E-state index contributed by atoms with van der Waals surface area (Å²) >= 11 is 3.18. The molecule has 5 heteroatoms. The monoisotopic (exact) mass is 336 g/mol. The average molecular weight is 337 g/mol. The molecule has 0 aliphatic carbocycles. The molecule has 2 aromatic rings. The molecule has 0 fully saturated rings. The summed E-state index contributed by atoms with van der Waals surface area (Å²) in [5, 5.41) is 5.68. The average Bonchev–Trinajstić information content (AvgIpc) is 2.43. The lowest BCUT2D eigenvalue weighted by atomic mass is 10.1. The highest BCUT2D eigenvalue weighted by atomic mass is 79.9. The highest BCUT2D eigenvalue weighted by Gasteiger charge is 2.12. The van der Waals surface area contributed by atoms with E-state index in [1.807, 2.05) is 19.1 Å². The summed E-state index contributed by atoms with van der Waals surface area (Å²) in [7, 11) is 0. The number of amides is 1. The summed E-state index contributed by atoms with van der Waals surface area (Å²) in [6, 6.07) is 11.6. The predicted octanol–water partition coefficient (Wildman–Crippen LogP) is 4.27. The maximum absolute atomic E-state index is 13.7. The second-order valence-corrected chi connectivity index (χ2v) is 5.07. The number of anilines is 2. The van der Waals surface area contributed by atoms with Crippen LogP contribution in [0.25, 0.3) is 0 Å². The van der Waals surface area contributed by atoms with Crippen LogP contribution in [-0.2, 0) is 0 Å². The fourth-order valence-electron chi connectivity index (χ4n) is 1.81. The van der Waals surface area contributed by atoms with E-state index in [1.54, 1.807) is 18.2 Å². The Bertz CT molecular complexity index is 631. The van der Waals surface area contributed by atoms with E-state index in [0.717, 1.165) is 5.69 Å². The third-order valence-corrected chi connectivity index (χ3v) is 3.21. The van der Waals surface area contributed by atoms with E-state index in [0.29, 0.717) is 16.6 Å². The number of carbonyl (C=O) groups excluding carboxylic acids is 1. The molecule has 2 aromatic carbocycles. The lowest BCUT2D eigenvalue weighted by Gasteiger charge is -2.11. The minimum atomic E-state index is -0.478. The van der Waals surface area contributed by atoms with Gasteiger partial charge in [-0.3, -0.25) is 4.79 Å². The number of hydrogen-bond donors (Lipinski definition) is 2. The molecule has 0 spiro atoms. The van der Waals surface area contributed by atoms with Crippen LogP contribution < -0.4 is 10.6 Å². The Morgan fingerprint density at radius 1 is 1.20 bits per heavy atom. The van der Waals surface area contributed by atoms with Gasteiger partial charge in [0.05, 0.1) is 11.3 Å². The highest BCUT2D eigenvalue weighted by Crippen LogP contribution is 2.21. The van der Waals surface area contributed by atoms with Gasteiger partial charge in [-0.2, -0.15) is 0 Å². The van der Waals surface area contributed by atoms with Crippen molar-refractivity contribution in [2.45, 2.75) is 6.92 Å². The molecule has 0 saturated heterocycles. The Kier molecular flexibility index (Phi) is 4.74. The van der Waals surface area contributed by atoms with Gasteiger partial charge < -0.3 is 10.6 Å². The van der Waals surface area contributed by atoms with E-state index in [9.17, 15) is 9.18 Å². The van der Waals surface area contributed by atoms with Gasteiger partial charge >= 0.3 is 0 Å². The topological polar surface area (TPSA) is 41.1 Å². The zero-order valence-electron chi connectivity index (χ0n) is 10.9. The van der Waals surface area contributed by atoms with Gasteiger partial charge in [0.2, 0.25) is 0 Å². The van der Waals surface area contributed by atoms with Gasteiger partial charge in [0.25, 0.3) is 5.91 Å². The molecular weight excluding hydrogens is 323 g/mol. The first-order valence-corrected chi connectivity index (χ1v) is 7.00. The number of hydrogen-bond acceptors (Lipinski definition) is 2. The molecule has 0 aliphatic heterocycles. The van der Waals surface area contributed by atoms with E-state index in [1.165, 1.54) is 12.1 Å². The number of nitrogens with one attached hydrogen (secondary N) is 2. The van der Waals surface area contributed by atoms with Crippen molar-refractivity contribution in [2.24, 2.45) is 0 Å². The molecule has 0 unspecified atom stereocenters. The van der Waals surface area contributed by atoms with Crippen molar-refractivity contribution in [1.29, 1.82) is 0 Å². The van der Waals surface area contributed by atoms with Crippen molar-refractivity contribution in [1.82, 2.24) is 0 Å². The summed E-state index contributed by atoms with van der Waals surface area (Å²) in [6.45, 7) is 2.65. The van der Waals surface area contributed by atoms with Gasteiger partial charge in [-0.25, -0.2) is 4.39 Å². The van der Waals surface area contributed by atoms with Crippen LogP contribution in [0.2, 0.25) is 0 Å². The van der Waals surface area contributed by atoms with Gasteiger partial charge in [0.1, 0.15) is 5.82 Å². The first-order valence-electron chi connectivity index (χ1n) is 6.21. The van der Waals surface area contributed by atoms with Crippen LogP contribution in [0.5, 0.6) is 0 Å². The van der Waals surface area contributed by atoms with Crippen LogP contribution in [0.4, 0.5) is 15.8 Å². The quantitative estimate of drug-likeness (QED) is 0.875. The second kappa shape index (κ2) is 6.52. The molecule has 0 radical (unpaired) electrons. The molecular formula is C15H14BrFN2O. The van der Waals surface area contributed by atoms with Gasteiger partial charge in [0.15, 0.2) is 0 Å². The normalized spacial score (nSPS) is 10.2. The molecule has 0 saturated carbocycles. The summed E-state index contributed by atoms with van der Waals surface area (Å²) in [5.41, 5.74) is 1.37. The third-order valence-electron chi connectivity index (χ3n) is 2.72. The van der Waals surface area contributed by atoms with Crippen molar-refractivity contribution in [3.8, 4) is 0 Å². The SMILES string of the molecule is CCNc1ccccc1C(=O)Nc1ccc(Br)cc1F. The van der Waals surface area contributed by atoms with E-state index in [4.69, 9.17) is 0 Å². The van der Waals surface area contributed by atoms with E-state index >= 15 is 0 Å². The molecule has 20 heavy (non-hydrogen) atoms. The third kappa shape index (κ3) is 3.36. The van der Waals surface area contributed by atoms with Crippen LogP contribution in [0, 0.1) is 5.82 Å². The van der Waals surface area contributed by atoms with E-state index in [-0.39, 0.29) is 11.6 Å². The maximum atomic E-state index is 13.7. The van der Waals surface area contributed by atoms with Gasteiger partial charge in [0, 0.05) is 16.7 Å². The highest BCUT2D eigenvalue weighted by molar-refractivity contribution is 9.10. The largest absolute Gasteiger partial charge is 0.385 e. The zero-order valence-corrected chi connectivity index (χ0v) is 12.5. The van der Waals surface area contributed by atoms with E-state index < -0.39 is 5.82 Å². The molecule has 0 aliphatic rings. The summed E-state index contributed by atoms with van der Waals surface area (Å²) in [4.78, 5) is 12.2. The van der Waals surface area contributed by atoms with Crippen LogP contribution in [-0.4, -0.2) is 12.5 Å². The lowest BCUT2D eigenvalue weighted by Crippen LogP contribution is -2.15. The smallest absolute Gasteiger partial charge is 0.257 e. The minimum Gasteiger partial charge on any atom is -0.385 e. The predicted molar refractivity (Wildman–Crippen MR) is 82.7 cm³/mol.